The molecule has 1 aromatic heterocycles. The Kier molecular flexibility index (Phi) is 7.03. The van der Waals surface area contributed by atoms with E-state index in [2.05, 4.69) is 31.3 Å². The lowest BCUT2D eigenvalue weighted by molar-refractivity contribution is -0.138. The maximum atomic E-state index is 12.8. The molecular weight excluding hydrogens is 364 g/mol. The lowest BCUT2D eigenvalue weighted by Crippen LogP contribution is -2.55. The highest BCUT2D eigenvalue weighted by atomic mass is 35.5. The summed E-state index contributed by atoms with van der Waals surface area (Å²) in [6.07, 6.45) is -0.115. The molecule has 2 atom stereocenters. The number of hydrogen-bond acceptors (Lipinski definition) is 4. The third-order valence-corrected chi connectivity index (χ3v) is 5.14. The number of halogens is 1. The van der Waals surface area contributed by atoms with E-state index in [0.29, 0.717) is 19.7 Å². The van der Waals surface area contributed by atoms with Crippen LogP contribution in [0.5, 0.6) is 0 Å². The number of para-hydroxylation sites is 1. The fourth-order valence-electron chi connectivity index (χ4n) is 3.50. The first kappa shape index (κ1) is 21.4. The summed E-state index contributed by atoms with van der Waals surface area (Å²) in [7, 11) is 1.84. The van der Waals surface area contributed by atoms with Gasteiger partial charge in [0.1, 0.15) is 6.04 Å². The van der Waals surface area contributed by atoms with Crippen LogP contribution in [-0.2, 0) is 16.1 Å². The molecule has 1 aliphatic heterocycles. The number of hydrogen-bond donors (Lipinski definition) is 1. The van der Waals surface area contributed by atoms with Crippen molar-refractivity contribution in [3.8, 4) is 5.69 Å². The highest BCUT2D eigenvalue weighted by Crippen LogP contribution is 2.22. The lowest BCUT2D eigenvalue weighted by atomic mass is 10.1. The summed E-state index contributed by atoms with van der Waals surface area (Å²) in [6, 6.07) is 7.90. The maximum Gasteiger partial charge on any atom is 0.242 e. The van der Waals surface area contributed by atoms with Crippen molar-refractivity contribution in [1.82, 2.24) is 20.0 Å². The molecule has 0 bridgehead atoms. The van der Waals surface area contributed by atoms with E-state index in [1.54, 1.807) is 4.90 Å². The predicted octanol–water partition coefficient (Wildman–Crippen LogP) is 2.55. The second-order valence-corrected chi connectivity index (χ2v) is 7.05. The van der Waals surface area contributed by atoms with Gasteiger partial charge in [0.15, 0.2) is 0 Å². The number of likely N-dealkylation sites (N-methyl/N-ethyl adjacent to an activating group) is 1. The first-order valence-corrected chi connectivity index (χ1v) is 9.11. The van der Waals surface area contributed by atoms with Crippen molar-refractivity contribution in [1.29, 1.82) is 0 Å². The van der Waals surface area contributed by atoms with E-state index in [9.17, 15) is 4.79 Å². The number of rotatable bonds is 4. The Labute approximate surface area is 167 Å². The van der Waals surface area contributed by atoms with E-state index in [1.165, 1.54) is 5.56 Å². The Hall–Kier alpha value is -1.89. The first-order chi connectivity index (χ1) is 12.4. The van der Waals surface area contributed by atoms with Crippen molar-refractivity contribution in [2.75, 3.05) is 20.2 Å². The zero-order valence-electron chi connectivity index (χ0n) is 16.7. The second kappa shape index (κ2) is 8.87. The van der Waals surface area contributed by atoms with Gasteiger partial charge < -0.3 is 15.0 Å². The van der Waals surface area contributed by atoms with Gasteiger partial charge in [-0.3, -0.25) is 4.79 Å². The van der Waals surface area contributed by atoms with Crippen LogP contribution in [0.15, 0.2) is 24.3 Å². The highest BCUT2D eigenvalue weighted by molar-refractivity contribution is 5.85. The van der Waals surface area contributed by atoms with Gasteiger partial charge in [0.2, 0.25) is 5.91 Å². The Balaban J connectivity index is 0.00000261. The van der Waals surface area contributed by atoms with Crippen LogP contribution >= 0.6 is 12.4 Å². The molecule has 0 aliphatic carbocycles. The van der Waals surface area contributed by atoms with Crippen LogP contribution in [0.25, 0.3) is 5.69 Å². The van der Waals surface area contributed by atoms with Crippen LogP contribution in [0.3, 0.4) is 0 Å². The van der Waals surface area contributed by atoms with Crippen molar-refractivity contribution in [3.63, 3.8) is 0 Å². The second-order valence-electron chi connectivity index (χ2n) is 7.05. The van der Waals surface area contributed by atoms with Gasteiger partial charge in [-0.05, 0) is 39.3 Å². The molecule has 1 N–H and O–H groups in total. The zero-order valence-corrected chi connectivity index (χ0v) is 17.5. The molecule has 27 heavy (non-hydrogen) atoms. The van der Waals surface area contributed by atoms with Crippen LogP contribution in [0.2, 0.25) is 0 Å². The molecule has 1 aliphatic rings. The summed E-state index contributed by atoms with van der Waals surface area (Å²) in [5.41, 5.74) is 5.35. The topological polar surface area (TPSA) is 59.4 Å². The third kappa shape index (κ3) is 4.34. The molecule has 2 heterocycles. The number of carbonyl (C=O) groups excluding carboxylic acids is 1. The summed E-state index contributed by atoms with van der Waals surface area (Å²) < 4.78 is 7.58. The molecule has 1 fully saturated rings. The van der Waals surface area contributed by atoms with Crippen LogP contribution in [0.4, 0.5) is 0 Å². The van der Waals surface area contributed by atoms with E-state index in [1.807, 2.05) is 37.7 Å². The normalized spacial score (nSPS) is 19.4. The summed E-state index contributed by atoms with van der Waals surface area (Å²) >= 11 is 0. The van der Waals surface area contributed by atoms with Crippen molar-refractivity contribution < 1.29 is 9.53 Å². The van der Waals surface area contributed by atoms with Crippen molar-refractivity contribution in [2.24, 2.45) is 0 Å². The fourth-order valence-corrected chi connectivity index (χ4v) is 3.50. The molecular formula is C20H29ClN4O2. The molecule has 0 radical (unpaired) electrons. The maximum absolute atomic E-state index is 12.8. The molecule has 0 spiro atoms. The SMILES string of the molecule is Cc1ccccc1-n1nc(C)c(CN(C)C(=O)[C@H]2NCCO[C@@H]2C)c1C.Cl. The molecule has 1 aromatic carbocycles. The van der Waals surface area contributed by atoms with E-state index in [4.69, 9.17) is 9.84 Å². The number of amides is 1. The number of nitrogens with one attached hydrogen (secondary N) is 1. The molecule has 3 rings (SSSR count). The largest absolute Gasteiger partial charge is 0.375 e. The number of nitrogens with zero attached hydrogens (tertiary/aromatic N) is 3. The van der Waals surface area contributed by atoms with Gasteiger partial charge in [-0.2, -0.15) is 5.10 Å². The van der Waals surface area contributed by atoms with Crippen molar-refractivity contribution in [2.45, 2.75) is 46.4 Å². The van der Waals surface area contributed by atoms with Gasteiger partial charge in [0, 0.05) is 31.4 Å². The van der Waals surface area contributed by atoms with E-state index in [0.717, 1.165) is 22.6 Å². The minimum Gasteiger partial charge on any atom is -0.375 e. The fraction of sp³-hybridized carbons (Fsp3) is 0.500. The van der Waals surface area contributed by atoms with Gasteiger partial charge in [0.05, 0.1) is 24.1 Å². The van der Waals surface area contributed by atoms with Crippen LogP contribution in [0, 0.1) is 20.8 Å². The van der Waals surface area contributed by atoms with Crippen LogP contribution in [-0.4, -0.2) is 52.9 Å². The number of ether oxygens (including phenoxy) is 1. The van der Waals surface area contributed by atoms with E-state index in [-0.39, 0.29) is 30.5 Å². The monoisotopic (exact) mass is 392 g/mol. The third-order valence-electron chi connectivity index (χ3n) is 5.14. The summed E-state index contributed by atoms with van der Waals surface area (Å²) in [5.74, 6) is 0.0552. The number of benzene rings is 1. The summed E-state index contributed by atoms with van der Waals surface area (Å²) in [4.78, 5) is 14.6. The van der Waals surface area contributed by atoms with E-state index >= 15 is 0 Å². The minimum absolute atomic E-state index is 0. The standard InChI is InChI=1S/C20H28N4O2.ClH/c1-13-8-6-7-9-18(13)24-15(3)17(14(2)22-24)12-23(5)20(25)19-16(4)26-11-10-21-19;/h6-9,16,19,21H,10-12H2,1-5H3;1H/t16-,19+;/m1./s1. The average molecular weight is 393 g/mol. The Morgan fingerprint density at radius 3 is 2.70 bits per heavy atom. The molecule has 0 unspecified atom stereocenters. The predicted molar refractivity (Wildman–Crippen MR) is 109 cm³/mol. The summed E-state index contributed by atoms with van der Waals surface area (Å²) in [6.45, 7) is 9.97. The molecule has 6 nitrogen and oxygen atoms in total. The Morgan fingerprint density at radius 1 is 1.33 bits per heavy atom. The van der Waals surface area contributed by atoms with Crippen molar-refractivity contribution in [3.05, 3.63) is 46.8 Å². The van der Waals surface area contributed by atoms with Crippen LogP contribution < -0.4 is 5.32 Å². The molecule has 0 saturated carbocycles. The van der Waals surface area contributed by atoms with E-state index < -0.39 is 0 Å². The number of aromatic nitrogens is 2. The van der Waals surface area contributed by atoms with Crippen molar-refractivity contribution >= 4 is 18.3 Å². The zero-order chi connectivity index (χ0) is 18.8. The van der Waals surface area contributed by atoms with Crippen LogP contribution in [0.1, 0.15) is 29.4 Å². The molecule has 1 amide bonds. The Bertz CT molecular complexity index is 805. The van der Waals surface area contributed by atoms with Gasteiger partial charge in [-0.1, -0.05) is 18.2 Å². The van der Waals surface area contributed by atoms with Gasteiger partial charge in [0.25, 0.3) is 0 Å². The van der Waals surface area contributed by atoms with Gasteiger partial charge in [-0.15, -0.1) is 12.4 Å². The quantitative estimate of drug-likeness (QED) is 0.868. The highest BCUT2D eigenvalue weighted by Gasteiger charge is 2.31. The molecule has 7 heteroatoms. The van der Waals surface area contributed by atoms with Gasteiger partial charge >= 0.3 is 0 Å². The number of carbonyl (C=O) groups is 1. The molecule has 148 valence electrons. The molecule has 2 aromatic rings. The lowest BCUT2D eigenvalue weighted by Gasteiger charge is -2.32. The average Bonchev–Trinajstić information content (AvgIpc) is 2.90. The number of morpholine rings is 1. The smallest absolute Gasteiger partial charge is 0.242 e. The molecule has 1 saturated heterocycles. The summed E-state index contributed by atoms with van der Waals surface area (Å²) in [5, 5.41) is 7.99. The number of aryl methyl sites for hydroxylation is 2. The van der Waals surface area contributed by atoms with Gasteiger partial charge in [-0.25, -0.2) is 4.68 Å². The Morgan fingerprint density at radius 2 is 2.04 bits per heavy atom. The first-order valence-electron chi connectivity index (χ1n) is 9.11. The minimum atomic E-state index is -0.291.